The van der Waals surface area contributed by atoms with Crippen molar-refractivity contribution in [1.29, 1.82) is 0 Å². The number of pyridine rings is 1. The minimum absolute atomic E-state index is 0.713. The van der Waals surface area contributed by atoms with Crippen molar-refractivity contribution < 1.29 is 0 Å². The molecule has 0 spiro atoms. The molecule has 1 aliphatic heterocycles. The predicted molar refractivity (Wildman–Crippen MR) is 83.6 cm³/mol. The second kappa shape index (κ2) is 7.72. The second-order valence-corrected chi connectivity index (χ2v) is 5.87. The lowest BCUT2D eigenvalue weighted by Gasteiger charge is -2.25. The fraction of sp³-hybridized carbons (Fsp3) is 0.688. The molecule has 1 unspecified atom stereocenters. The normalized spacial score (nSPS) is 19.9. The Labute approximate surface area is 123 Å². The molecule has 1 aromatic heterocycles. The third kappa shape index (κ3) is 4.54. The maximum atomic E-state index is 4.73. The van der Waals surface area contributed by atoms with E-state index >= 15 is 0 Å². The van der Waals surface area contributed by atoms with E-state index in [1.54, 1.807) is 0 Å². The summed E-state index contributed by atoms with van der Waals surface area (Å²) in [6.45, 7) is 7.28. The highest BCUT2D eigenvalue weighted by Gasteiger charge is 2.22. The summed E-state index contributed by atoms with van der Waals surface area (Å²) in [5.74, 6) is 0. The third-order valence-electron chi connectivity index (χ3n) is 4.05. The van der Waals surface area contributed by atoms with Gasteiger partial charge in [0.15, 0.2) is 0 Å². The van der Waals surface area contributed by atoms with Gasteiger partial charge >= 0.3 is 0 Å². The van der Waals surface area contributed by atoms with Crippen LogP contribution in [0.4, 0.5) is 0 Å². The molecular weight excluding hydrogens is 248 g/mol. The maximum absolute atomic E-state index is 4.73. The summed E-state index contributed by atoms with van der Waals surface area (Å²) in [4.78, 5) is 9.60. The molecule has 0 radical (unpaired) electrons. The average Bonchev–Trinajstić information content (AvgIpc) is 2.82. The molecule has 1 atom stereocenters. The highest BCUT2D eigenvalue weighted by molar-refractivity contribution is 5.11. The summed E-state index contributed by atoms with van der Waals surface area (Å²) in [6.07, 6.45) is 2.67. The van der Waals surface area contributed by atoms with Gasteiger partial charge in [-0.1, -0.05) is 13.0 Å². The maximum Gasteiger partial charge on any atom is 0.0547 e. The highest BCUT2D eigenvalue weighted by atomic mass is 15.2. The summed E-state index contributed by atoms with van der Waals surface area (Å²) in [6, 6.07) is 7.05. The average molecular weight is 276 g/mol. The van der Waals surface area contributed by atoms with Gasteiger partial charge in [-0.25, -0.2) is 0 Å². The van der Waals surface area contributed by atoms with E-state index in [9.17, 15) is 0 Å². The number of rotatable bonds is 7. The van der Waals surface area contributed by atoms with Crippen molar-refractivity contribution >= 4 is 0 Å². The summed E-state index contributed by atoms with van der Waals surface area (Å²) in [5.41, 5.74) is 2.30. The van der Waals surface area contributed by atoms with Crippen LogP contribution in [0.2, 0.25) is 0 Å². The van der Waals surface area contributed by atoms with Crippen molar-refractivity contribution in [2.75, 3.05) is 33.7 Å². The Morgan fingerprint density at radius 3 is 2.90 bits per heavy atom. The first-order valence-electron chi connectivity index (χ1n) is 7.73. The Kier molecular flexibility index (Phi) is 5.95. The topological polar surface area (TPSA) is 31.4 Å². The minimum atomic E-state index is 0.713. The summed E-state index contributed by atoms with van der Waals surface area (Å²) in [7, 11) is 4.44. The lowest BCUT2D eigenvalue weighted by Crippen LogP contribution is -2.36. The lowest BCUT2D eigenvalue weighted by molar-refractivity contribution is 0.214. The monoisotopic (exact) mass is 276 g/mol. The number of hydrogen-bond donors (Lipinski definition) is 1. The van der Waals surface area contributed by atoms with Gasteiger partial charge in [0.25, 0.3) is 0 Å². The Morgan fingerprint density at radius 1 is 1.40 bits per heavy atom. The standard InChI is InChI=1S/C16H28N4/c1-4-17-11-14-7-5-8-15(18-14)12-19(2)13-16-9-6-10-20(16)3/h5,7-8,16-17H,4,6,9-13H2,1-3H3. The molecule has 1 aromatic rings. The highest BCUT2D eigenvalue weighted by Crippen LogP contribution is 2.16. The van der Waals surface area contributed by atoms with E-state index < -0.39 is 0 Å². The van der Waals surface area contributed by atoms with Crippen LogP contribution in [-0.4, -0.2) is 54.6 Å². The Bertz CT molecular complexity index is 407. The van der Waals surface area contributed by atoms with Crippen molar-refractivity contribution in [3.8, 4) is 0 Å². The van der Waals surface area contributed by atoms with Gasteiger partial charge < -0.3 is 10.2 Å². The molecule has 1 saturated heterocycles. The quantitative estimate of drug-likeness (QED) is 0.821. The van der Waals surface area contributed by atoms with Gasteiger partial charge in [-0.3, -0.25) is 9.88 Å². The Morgan fingerprint density at radius 2 is 2.20 bits per heavy atom. The molecule has 1 aliphatic rings. The summed E-state index contributed by atoms with van der Waals surface area (Å²) >= 11 is 0. The molecule has 20 heavy (non-hydrogen) atoms. The fourth-order valence-corrected chi connectivity index (χ4v) is 2.88. The molecule has 0 saturated carbocycles. The first kappa shape index (κ1) is 15.4. The van der Waals surface area contributed by atoms with Crippen LogP contribution in [0.25, 0.3) is 0 Å². The predicted octanol–water partition coefficient (Wildman–Crippen LogP) is 1.72. The largest absolute Gasteiger partial charge is 0.311 e. The molecule has 0 bridgehead atoms. The van der Waals surface area contributed by atoms with Gasteiger partial charge in [0, 0.05) is 25.7 Å². The smallest absolute Gasteiger partial charge is 0.0547 e. The van der Waals surface area contributed by atoms with Crippen LogP contribution >= 0.6 is 0 Å². The summed E-state index contributed by atoms with van der Waals surface area (Å²) < 4.78 is 0. The van der Waals surface area contributed by atoms with E-state index in [0.717, 1.165) is 31.9 Å². The van der Waals surface area contributed by atoms with Crippen molar-refractivity contribution in [3.63, 3.8) is 0 Å². The Balaban J connectivity index is 1.85. The Hall–Kier alpha value is -0.970. The molecular formula is C16H28N4. The van der Waals surface area contributed by atoms with Crippen LogP contribution in [0, 0.1) is 0 Å². The van der Waals surface area contributed by atoms with Gasteiger partial charge in [0.05, 0.1) is 11.4 Å². The van der Waals surface area contributed by atoms with Crippen molar-refractivity contribution in [2.24, 2.45) is 0 Å². The second-order valence-electron chi connectivity index (χ2n) is 5.87. The fourth-order valence-electron chi connectivity index (χ4n) is 2.88. The van der Waals surface area contributed by atoms with Crippen LogP contribution in [0.3, 0.4) is 0 Å². The zero-order chi connectivity index (χ0) is 14.4. The molecule has 0 amide bonds. The van der Waals surface area contributed by atoms with Crippen LogP contribution in [-0.2, 0) is 13.1 Å². The number of likely N-dealkylation sites (tertiary alicyclic amines) is 1. The van der Waals surface area contributed by atoms with Crippen LogP contribution in [0.5, 0.6) is 0 Å². The molecule has 2 rings (SSSR count). The number of likely N-dealkylation sites (N-methyl/N-ethyl adjacent to an activating group) is 2. The van der Waals surface area contributed by atoms with Crippen molar-refractivity contribution in [1.82, 2.24) is 20.1 Å². The lowest BCUT2D eigenvalue weighted by atomic mass is 10.2. The van der Waals surface area contributed by atoms with E-state index in [2.05, 4.69) is 54.3 Å². The SMILES string of the molecule is CCNCc1cccc(CN(C)CC2CCCN2C)n1. The number of nitrogens with one attached hydrogen (secondary N) is 1. The minimum Gasteiger partial charge on any atom is -0.311 e. The molecule has 1 N–H and O–H groups in total. The zero-order valence-electron chi connectivity index (χ0n) is 13.1. The van der Waals surface area contributed by atoms with E-state index in [4.69, 9.17) is 4.98 Å². The van der Waals surface area contributed by atoms with E-state index in [1.165, 1.54) is 25.1 Å². The zero-order valence-corrected chi connectivity index (χ0v) is 13.1. The molecule has 2 heterocycles. The first-order valence-corrected chi connectivity index (χ1v) is 7.73. The number of hydrogen-bond acceptors (Lipinski definition) is 4. The molecule has 4 heteroatoms. The van der Waals surface area contributed by atoms with Gasteiger partial charge in [-0.2, -0.15) is 0 Å². The summed E-state index contributed by atoms with van der Waals surface area (Å²) in [5, 5.41) is 3.33. The van der Waals surface area contributed by atoms with Gasteiger partial charge in [0.2, 0.25) is 0 Å². The van der Waals surface area contributed by atoms with E-state index in [0.29, 0.717) is 6.04 Å². The first-order chi connectivity index (χ1) is 9.69. The van der Waals surface area contributed by atoms with Crippen LogP contribution in [0.1, 0.15) is 31.2 Å². The molecule has 0 aromatic carbocycles. The van der Waals surface area contributed by atoms with Gasteiger partial charge in [-0.15, -0.1) is 0 Å². The number of aromatic nitrogens is 1. The van der Waals surface area contributed by atoms with Crippen LogP contribution in [0.15, 0.2) is 18.2 Å². The molecule has 0 aliphatic carbocycles. The molecule has 1 fully saturated rings. The molecule has 4 nitrogen and oxygen atoms in total. The van der Waals surface area contributed by atoms with E-state index in [-0.39, 0.29) is 0 Å². The van der Waals surface area contributed by atoms with Crippen molar-refractivity contribution in [3.05, 3.63) is 29.6 Å². The third-order valence-corrected chi connectivity index (χ3v) is 4.05. The molecule has 112 valence electrons. The van der Waals surface area contributed by atoms with Crippen molar-refractivity contribution in [2.45, 2.75) is 38.9 Å². The van der Waals surface area contributed by atoms with Gasteiger partial charge in [0.1, 0.15) is 0 Å². The van der Waals surface area contributed by atoms with Gasteiger partial charge in [-0.05, 0) is 52.2 Å². The van der Waals surface area contributed by atoms with E-state index in [1.807, 2.05) is 0 Å². The van der Waals surface area contributed by atoms with Crippen LogP contribution < -0.4 is 5.32 Å². The number of nitrogens with zero attached hydrogens (tertiary/aromatic N) is 3.